The van der Waals surface area contributed by atoms with E-state index in [0.717, 1.165) is 44.3 Å². The van der Waals surface area contributed by atoms with E-state index in [9.17, 15) is 9.59 Å². The van der Waals surface area contributed by atoms with Gasteiger partial charge in [-0.25, -0.2) is 0 Å². The van der Waals surface area contributed by atoms with Crippen molar-refractivity contribution in [3.63, 3.8) is 0 Å². The van der Waals surface area contributed by atoms with Gasteiger partial charge in [0.1, 0.15) is 0 Å². The predicted octanol–water partition coefficient (Wildman–Crippen LogP) is 4.29. The van der Waals surface area contributed by atoms with Gasteiger partial charge < -0.3 is 19.7 Å². The number of rotatable bonds is 7. The molecule has 3 rings (SSSR count). The number of nitrogens with one attached hydrogen (secondary N) is 1. The van der Waals surface area contributed by atoms with Crippen molar-refractivity contribution >= 4 is 17.5 Å². The van der Waals surface area contributed by atoms with Crippen molar-refractivity contribution in [2.75, 3.05) is 32.6 Å². The number of likely N-dealkylation sites (tertiary alicyclic amines) is 1. The minimum atomic E-state index is -0.124. The summed E-state index contributed by atoms with van der Waals surface area (Å²) in [5.74, 6) is 1.17. The molecule has 6 heteroatoms. The van der Waals surface area contributed by atoms with E-state index in [4.69, 9.17) is 9.47 Å². The van der Waals surface area contributed by atoms with Gasteiger partial charge in [-0.3, -0.25) is 9.59 Å². The molecule has 0 bridgehead atoms. The molecule has 2 amide bonds. The van der Waals surface area contributed by atoms with Crippen LogP contribution in [0.4, 0.5) is 5.69 Å². The zero-order valence-electron chi connectivity index (χ0n) is 17.8. The standard InChI is InChI=1S/C24H30N2O4/c1-29-21-13-11-18(17-22(21)30-2)12-14-23(27)25-20-10-6-5-9-19(20)24(28)26-15-7-3-4-8-16-26/h5-6,9-11,13,17H,3-4,7-8,12,14-16H2,1-2H3,(H,25,27). The lowest BCUT2D eigenvalue weighted by atomic mass is 10.1. The Hall–Kier alpha value is -3.02. The molecule has 1 N–H and O–H groups in total. The zero-order valence-corrected chi connectivity index (χ0v) is 17.8. The molecule has 0 spiro atoms. The Labute approximate surface area is 178 Å². The third-order valence-electron chi connectivity index (χ3n) is 5.41. The van der Waals surface area contributed by atoms with Gasteiger partial charge in [0, 0.05) is 19.5 Å². The number of carbonyl (C=O) groups excluding carboxylic acids is 2. The highest BCUT2D eigenvalue weighted by molar-refractivity contribution is 6.03. The van der Waals surface area contributed by atoms with E-state index >= 15 is 0 Å². The van der Waals surface area contributed by atoms with Gasteiger partial charge in [0.05, 0.1) is 25.5 Å². The highest BCUT2D eigenvalue weighted by Gasteiger charge is 2.20. The van der Waals surface area contributed by atoms with Crippen molar-refractivity contribution in [3.8, 4) is 11.5 Å². The van der Waals surface area contributed by atoms with Crippen LogP contribution in [0.15, 0.2) is 42.5 Å². The van der Waals surface area contributed by atoms with Crippen LogP contribution in [-0.4, -0.2) is 44.0 Å². The molecule has 2 aromatic carbocycles. The minimum Gasteiger partial charge on any atom is -0.493 e. The van der Waals surface area contributed by atoms with Gasteiger partial charge >= 0.3 is 0 Å². The Morgan fingerprint density at radius 1 is 0.933 bits per heavy atom. The van der Waals surface area contributed by atoms with Crippen molar-refractivity contribution in [1.29, 1.82) is 0 Å². The van der Waals surface area contributed by atoms with E-state index in [0.29, 0.717) is 35.6 Å². The maximum absolute atomic E-state index is 13.0. The van der Waals surface area contributed by atoms with Gasteiger partial charge in [0.25, 0.3) is 5.91 Å². The molecule has 30 heavy (non-hydrogen) atoms. The number of anilines is 1. The van der Waals surface area contributed by atoms with Crippen LogP contribution in [0.1, 0.15) is 48.0 Å². The minimum absolute atomic E-state index is 0.00677. The second-order valence-electron chi connectivity index (χ2n) is 7.49. The smallest absolute Gasteiger partial charge is 0.255 e. The van der Waals surface area contributed by atoms with Gasteiger partial charge in [0.15, 0.2) is 11.5 Å². The molecular weight excluding hydrogens is 380 g/mol. The van der Waals surface area contributed by atoms with Gasteiger partial charge in [0.2, 0.25) is 5.91 Å². The summed E-state index contributed by atoms with van der Waals surface area (Å²) >= 11 is 0. The largest absolute Gasteiger partial charge is 0.493 e. The van der Waals surface area contributed by atoms with Crippen molar-refractivity contribution in [3.05, 3.63) is 53.6 Å². The van der Waals surface area contributed by atoms with E-state index in [1.54, 1.807) is 26.4 Å². The molecule has 0 unspecified atom stereocenters. The molecule has 1 aliphatic heterocycles. The molecule has 0 aromatic heterocycles. The molecule has 160 valence electrons. The first kappa shape index (κ1) is 21.7. The molecule has 0 aliphatic carbocycles. The zero-order chi connectivity index (χ0) is 21.3. The normalized spacial score (nSPS) is 14.0. The van der Waals surface area contributed by atoms with E-state index in [2.05, 4.69) is 5.32 Å². The Balaban J connectivity index is 1.63. The quantitative estimate of drug-likeness (QED) is 0.739. The van der Waals surface area contributed by atoms with Gasteiger partial charge in [-0.05, 0) is 49.1 Å². The number of nitrogens with zero attached hydrogens (tertiary/aromatic N) is 1. The average molecular weight is 411 g/mol. The average Bonchev–Trinajstić information content (AvgIpc) is 3.07. The lowest BCUT2D eigenvalue weighted by Gasteiger charge is -2.22. The van der Waals surface area contributed by atoms with Crippen LogP contribution in [0.25, 0.3) is 0 Å². The number of amides is 2. The summed E-state index contributed by atoms with van der Waals surface area (Å²) in [6, 6.07) is 12.9. The molecule has 0 radical (unpaired) electrons. The summed E-state index contributed by atoms with van der Waals surface area (Å²) in [7, 11) is 3.18. The number of methoxy groups -OCH3 is 2. The fourth-order valence-electron chi connectivity index (χ4n) is 3.73. The number of carbonyl (C=O) groups is 2. The fraction of sp³-hybridized carbons (Fsp3) is 0.417. The molecule has 1 fully saturated rings. The topological polar surface area (TPSA) is 67.9 Å². The number of benzene rings is 2. The SMILES string of the molecule is COc1ccc(CCC(=O)Nc2ccccc2C(=O)N2CCCCCC2)cc1OC. The maximum atomic E-state index is 13.0. The first-order valence-corrected chi connectivity index (χ1v) is 10.5. The van der Waals surface area contributed by atoms with Crippen LogP contribution in [0, 0.1) is 0 Å². The second-order valence-corrected chi connectivity index (χ2v) is 7.49. The number of aryl methyl sites for hydroxylation is 1. The number of hydrogen-bond acceptors (Lipinski definition) is 4. The number of ether oxygens (including phenoxy) is 2. The van der Waals surface area contributed by atoms with Crippen LogP contribution in [-0.2, 0) is 11.2 Å². The van der Waals surface area contributed by atoms with Crippen LogP contribution in [0.5, 0.6) is 11.5 Å². The van der Waals surface area contributed by atoms with Crippen LogP contribution < -0.4 is 14.8 Å². The van der Waals surface area contributed by atoms with E-state index in [-0.39, 0.29) is 11.8 Å². The maximum Gasteiger partial charge on any atom is 0.255 e. The molecule has 6 nitrogen and oxygen atoms in total. The van der Waals surface area contributed by atoms with Gasteiger partial charge in [-0.2, -0.15) is 0 Å². The Bertz CT molecular complexity index is 873. The van der Waals surface area contributed by atoms with E-state index < -0.39 is 0 Å². The van der Waals surface area contributed by atoms with Crippen LogP contribution in [0.2, 0.25) is 0 Å². The fourth-order valence-corrected chi connectivity index (χ4v) is 3.73. The third-order valence-corrected chi connectivity index (χ3v) is 5.41. The summed E-state index contributed by atoms with van der Waals surface area (Å²) in [6.45, 7) is 1.56. The lowest BCUT2D eigenvalue weighted by molar-refractivity contribution is -0.116. The summed E-state index contributed by atoms with van der Waals surface area (Å²) < 4.78 is 10.6. The Morgan fingerprint density at radius 3 is 2.33 bits per heavy atom. The summed E-state index contributed by atoms with van der Waals surface area (Å²) in [6.07, 6.45) is 5.27. The van der Waals surface area contributed by atoms with Crippen molar-refractivity contribution in [2.24, 2.45) is 0 Å². The van der Waals surface area contributed by atoms with E-state index in [1.807, 2.05) is 35.2 Å². The number of hydrogen-bond donors (Lipinski definition) is 1. The Morgan fingerprint density at radius 2 is 1.63 bits per heavy atom. The highest BCUT2D eigenvalue weighted by atomic mass is 16.5. The molecule has 1 saturated heterocycles. The van der Waals surface area contributed by atoms with Crippen molar-refractivity contribution < 1.29 is 19.1 Å². The molecule has 1 heterocycles. The van der Waals surface area contributed by atoms with Crippen molar-refractivity contribution in [1.82, 2.24) is 4.90 Å². The molecule has 2 aromatic rings. The van der Waals surface area contributed by atoms with Crippen molar-refractivity contribution in [2.45, 2.75) is 38.5 Å². The summed E-state index contributed by atoms with van der Waals surface area (Å²) in [5, 5.41) is 2.93. The van der Waals surface area contributed by atoms with Crippen LogP contribution in [0.3, 0.4) is 0 Å². The summed E-state index contributed by atoms with van der Waals surface area (Å²) in [4.78, 5) is 27.5. The summed E-state index contributed by atoms with van der Waals surface area (Å²) in [5.41, 5.74) is 2.11. The van der Waals surface area contributed by atoms with E-state index in [1.165, 1.54) is 0 Å². The monoisotopic (exact) mass is 410 g/mol. The molecular formula is C24H30N2O4. The highest BCUT2D eigenvalue weighted by Crippen LogP contribution is 2.28. The molecule has 0 saturated carbocycles. The molecule has 0 atom stereocenters. The predicted molar refractivity (Wildman–Crippen MR) is 117 cm³/mol. The first-order valence-electron chi connectivity index (χ1n) is 10.5. The lowest BCUT2D eigenvalue weighted by Crippen LogP contribution is -2.32. The third kappa shape index (κ3) is 5.53. The van der Waals surface area contributed by atoms with Gasteiger partial charge in [-0.15, -0.1) is 0 Å². The Kier molecular flexibility index (Phi) is 7.71. The molecule has 1 aliphatic rings. The number of para-hydroxylation sites is 1. The van der Waals surface area contributed by atoms with Crippen LogP contribution >= 0.6 is 0 Å². The second kappa shape index (κ2) is 10.7. The van der Waals surface area contributed by atoms with Gasteiger partial charge in [-0.1, -0.05) is 31.0 Å². The first-order chi connectivity index (χ1) is 14.6.